The molecule has 12 heteroatoms. The third-order valence-electron chi connectivity index (χ3n) is 4.44. The van der Waals surface area contributed by atoms with E-state index >= 15 is 0 Å². The van der Waals surface area contributed by atoms with Gasteiger partial charge in [-0.15, -0.1) is 0 Å². The van der Waals surface area contributed by atoms with Crippen molar-refractivity contribution in [1.82, 2.24) is 15.3 Å². The lowest BCUT2D eigenvalue weighted by atomic mass is 10.1. The first-order valence-electron chi connectivity index (χ1n) is 9.07. The Kier molecular flexibility index (Phi) is 5.80. The fraction of sp³-hybridized carbons (Fsp3) is 0.0500. The number of non-ortho nitro benzene ring substituents is 1. The lowest BCUT2D eigenvalue weighted by molar-refractivity contribution is -0.384. The number of hydrogen-bond acceptors (Lipinski definition) is 7. The van der Waals surface area contributed by atoms with E-state index in [1.165, 1.54) is 12.3 Å². The number of nitro benzene ring substituents is 1. The van der Waals surface area contributed by atoms with Crippen LogP contribution in [0.1, 0.15) is 16.1 Å². The van der Waals surface area contributed by atoms with E-state index in [1.54, 1.807) is 24.3 Å². The highest BCUT2D eigenvalue weighted by molar-refractivity contribution is 6.42. The van der Waals surface area contributed by atoms with Crippen LogP contribution in [0, 0.1) is 10.1 Å². The van der Waals surface area contributed by atoms with Crippen LogP contribution in [0.25, 0.3) is 10.9 Å². The summed E-state index contributed by atoms with van der Waals surface area (Å²) in [6.45, 7) is 0.0492. The van der Waals surface area contributed by atoms with Crippen molar-refractivity contribution in [2.75, 3.05) is 5.32 Å². The summed E-state index contributed by atoms with van der Waals surface area (Å²) >= 11 is 11.9. The summed E-state index contributed by atoms with van der Waals surface area (Å²) in [7, 11) is 0. The number of rotatable bonds is 6. The number of halogens is 2. The van der Waals surface area contributed by atoms with Crippen molar-refractivity contribution in [3.8, 4) is 0 Å². The fourth-order valence-electron chi connectivity index (χ4n) is 2.95. The van der Waals surface area contributed by atoms with Gasteiger partial charge in [0.1, 0.15) is 5.76 Å². The molecule has 2 heterocycles. The molecule has 2 aromatic heterocycles. The predicted molar refractivity (Wildman–Crippen MR) is 119 cm³/mol. The quantitative estimate of drug-likeness (QED) is 0.278. The lowest BCUT2D eigenvalue weighted by Gasteiger charge is -2.10. The SMILES string of the molecule is O=C(NCc1ccco1)c1cc([N+](=O)[O-])cc2c(=O)[nH]c(Nc3ccc(Cl)c(Cl)c3)nc12. The topological polar surface area (TPSA) is 143 Å². The van der Waals surface area contributed by atoms with E-state index in [-0.39, 0.29) is 34.0 Å². The van der Waals surface area contributed by atoms with E-state index < -0.39 is 22.1 Å². The molecule has 0 spiro atoms. The van der Waals surface area contributed by atoms with E-state index in [9.17, 15) is 19.7 Å². The minimum Gasteiger partial charge on any atom is -0.467 e. The Balaban J connectivity index is 1.77. The molecule has 0 aliphatic carbocycles. The van der Waals surface area contributed by atoms with Crippen LogP contribution >= 0.6 is 23.2 Å². The summed E-state index contributed by atoms with van der Waals surface area (Å²) in [4.78, 5) is 42.9. The maximum Gasteiger partial charge on any atom is 0.271 e. The van der Waals surface area contributed by atoms with Gasteiger partial charge in [-0.25, -0.2) is 4.98 Å². The first-order valence-corrected chi connectivity index (χ1v) is 9.82. The first-order chi connectivity index (χ1) is 15.3. The number of nitro groups is 1. The molecular weight excluding hydrogens is 461 g/mol. The normalized spacial score (nSPS) is 10.8. The zero-order valence-electron chi connectivity index (χ0n) is 16.0. The molecule has 4 aromatic rings. The molecule has 32 heavy (non-hydrogen) atoms. The van der Waals surface area contributed by atoms with Gasteiger partial charge in [0, 0.05) is 17.8 Å². The Hall–Kier alpha value is -3.89. The number of nitrogens with zero attached hydrogens (tertiary/aromatic N) is 2. The molecule has 0 atom stereocenters. The summed E-state index contributed by atoms with van der Waals surface area (Å²) in [5, 5.41) is 17.3. The van der Waals surface area contributed by atoms with Gasteiger partial charge in [0.2, 0.25) is 5.95 Å². The second-order valence-corrected chi connectivity index (χ2v) is 7.39. The summed E-state index contributed by atoms with van der Waals surface area (Å²) in [6, 6.07) is 10.2. The number of amides is 1. The van der Waals surface area contributed by atoms with Crippen LogP contribution in [-0.4, -0.2) is 20.8 Å². The van der Waals surface area contributed by atoms with Crippen LogP contribution < -0.4 is 16.2 Å². The maximum absolute atomic E-state index is 12.8. The van der Waals surface area contributed by atoms with E-state index in [2.05, 4.69) is 20.6 Å². The summed E-state index contributed by atoms with van der Waals surface area (Å²) < 4.78 is 5.17. The zero-order valence-corrected chi connectivity index (χ0v) is 17.5. The minimum atomic E-state index is -0.690. The molecule has 0 unspecified atom stereocenters. The van der Waals surface area contributed by atoms with E-state index in [4.69, 9.17) is 27.6 Å². The molecule has 0 radical (unpaired) electrons. The summed E-state index contributed by atoms with van der Waals surface area (Å²) in [6.07, 6.45) is 1.45. The van der Waals surface area contributed by atoms with Crippen molar-refractivity contribution >= 4 is 57.3 Å². The smallest absolute Gasteiger partial charge is 0.271 e. The molecule has 0 saturated carbocycles. The van der Waals surface area contributed by atoms with Gasteiger partial charge < -0.3 is 15.1 Å². The van der Waals surface area contributed by atoms with Crippen LogP contribution in [-0.2, 0) is 6.54 Å². The number of aromatic nitrogens is 2. The largest absolute Gasteiger partial charge is 0.467 e. The van der Waals surface area contributed by atoms with Crippen molar-refractivity contribution in [3.63, 3.8) is 0 Å². The lowest BCUT2D eigenvalue weighted by Crippen LogP contribution is -2.24. The predicted octanol–water partition coefficient (Wildman–Crippen LogP) is 4.40. The van der Waals surface area contributed by atoms with E-state index in [1.807, 2.05) is 0 Å². The number of nitrogens with one attached hydrogen (secondary N) is 3. The molecule has 1 amide bonds. The fourth-order valence-corrected chi connectivity index (χ4v) is 3.25. The molecular formula is C20H13Cl2N5O5. The number of hydrogen-bond donors (Lipinski definition) is 3. The highest BCUT2D eigenvalue weighted by Crippen LogP contribution is 2.27. The molecule has 2 aromatic carbocycles. The van der Waals surface area contributed by atoms with Crippen LogP contribution in [0.3, 0.4) is 0 Å². The Bertz CT molecular complexity index is 1400. The molecule has 0 fully saturated rings. The van der Waals surface area contributed by atoms with Crippen molar-refractivity contribution in [2.24, 2.45) is 0 Å². The molecule has 10 nitrogen and oxygen atoms in total. The summed E-state index contributed by atoms with van der Waals surface area (Å²) in [5.74, 6) is -0.163. The third-order valence-corrected chi connectivity index (χ3v) is 5.17. The first kappa shape index (κ1) is 21.3. The third kappa shape index (κ3) is 4.41. The summed E-state index contributed by atoms with van der Waals surface area (Å²) in [5.41, 5.74) is -0.755. The Morgan fingerprint density at radius 2 is 2.00 bits per heavy atom. The number of benzene rings is 2. The number of carbonyl (C=O) groups excluding carboxylic acids is 1. The van der Waals surface area contributed by atoms with Crippen LogP contribution in [0.2, 0.25) is 10.0 Å². The average molecular weight is 474 g/mol. The number of H-pyrrole nitrogens is 1. The number of aromatic amines is 1. The molecule has 4 rings (SSSR count). The highest BCUT2D eigenvalue weighted by Gasteiger charge is 2.21. The number of furan rings is 1. The van der Waals surface area contributed by atoms with Crippen molar-refractivity contribution < 1.29 is 14.1 Å². The van der Waals surface area contributed by atoms with Gasteiger partial charge in [-0.1, -0.05) is 23.2 Å². The molecule has 0 bridgehead atoms. The number of anilines is 2. The number of fused-ring (bicyclic) bond motifs is 1. The molecule has 0 aliphatic rings. The minimum absolute atomic E-state index is 0.00910. The zero-order chi connectivity index (χ0) is 22.8. The van der Waals surface area contributed by atoms with Gasteiger partial charge in [0.05, 0.1) is 44.2 Å². The van der Waals surface area contributed by atoms with Gasteiger partial charge in [0.15, 0.2) is 0 Å². The molecule has 3 N–H and O–H groups in total. The standard InChI is InChI=1S/C20H13Cl2N5O5/c21-15-4-3-10(6-16(15)22)24-20-25-17-13(18(28)23-9-12-2-1-5-32-12)7-11(27(30)31)8-14(17)19(29)26-20/h1-8H,9H2,(H,23,28)(H2,24,25,26,29). The van der Waals surface area contributed by atoms with Crippen LogP contribution in [0.4, 0.5) is 17.3 Å². The number of carbonyl (C=O) groups is 1. The maximum atomic E-state index is 12.8. The van der Waals surface area contributed by atoms with Gasteiger partial charge in [-0.2, -0.15) is 0 Å². The van der Waals surface area contributed by atoms with Gasteiger partial charge in [-0.3, -0.25) is 24.7 Å². The second-order valence-electron chi connectivity index (χ2n) is 6.58. The Morgan fingerprint density at radius 1 is 1.19 bits per heavy atom. The monoisotopic (exact) mass is 473 g/mol. The van der Waals surface area contributed by atoms with Crippen LogP contribution in [0.15, 0.2) is 57.9 Å². The van der Waals surface area contributed by atoms with Gasteiger partial charge in [0.25, 0.3) is 17.2 Å². The van der Waals surface area contributed by atoms with E-state index in [0.717, 1.165) is 12.1 Å². The Labute approximate surface area is 189 Å². The van der Waals surface area contributed by atoms with Gasteiger partial charge >= 0.3 is 0 Å². The average Bonchev–Trinajstić information content (AvgIpc) is 3.28. The molecule has 0 saturated heterocycles. The van der Waals surface area contributed by atoms with E-state index in [0.29, 0.717) is 16.5 Å². The second kappa shape index (κ2) is 8.69. The highest BCUT2D eigenvalue weighted by atomic mass is 35.5. The van der Waals surface area contributed by atoms with Crippen LogP contribution in [0.5, 0.6) is 0 Å². The van der Waals surface area contributed by atoms with Crippen molar-refractivity contribution in [3.05, 3.63) is 90.6 Å². The van der Waals surface area contributed by atoms with Gasteiger partial charge in [-0.05, 0) is 30.3 Å². The molecule has 162 valence electrons. The van der Waals surface area contributed by atoms with Crippen molar-refractivity contribution in [2.45, 2.75) is 6.54 Å². The van der Waals surface area contributed by atoms with Crippen molar-refractivity contribution in [1.29, 1.82) is 0 Å². The molecule has 0 aliphatic heterocycles. The Morgan fingerprint density at radius 3 is 2.69 bits per heavy atom.